The maximum atomic E-state index is 11.7. The lowest BCUT2D eigenvalue weighted by Gasteiger charge is -2.21. The van der Waals surface area contributed by atoms with Crippen LogP contribution in [0, 0.1) is 0 Å². The number of rotatable bonds is 4. The quantitative estimate of drug-likeness (QED) is 0.896. The van der Waals surface area contributed by atoms with E-state index >= 15 is 0 Å². The molecule has 0 aliphatic heterocycles. The molecule has 7 heteroatoms. The molecule has 0 saturated heterocycles. The number of nitrogens with one attached hydrogen (secondary N) is 1. The van der Waals surface area contributed by atoms with E-state index < -0.39 is 23.7 Å². The van der Waals surface area contributed by atoms with Crippen molar-refractivity contribution in [2.45, 2.75) is 38.8 Å². The van der Waals surface area contributed by atoms with Gasteiger partial charge in [-0.15, -0.1) is 0 Å². The molecule has 1 aromatic carbocycles. The first-order valence-electron chi connectivity index (χ1n) is 7.17. The number of hydrogen-bond acceptors (Lipinski definition) is 5. The van der Waals surface area contributed by atoms with Crippen LogP contribution in [0.3, 0.4) is 0 Å². The summed E-state index contributed by atoms with van der Waals surface area (Å²) in [4.78, 5) is 31.7. The SMILES string of the molecule is CC(C)(C)OC(=O)NC(Cc1cnc2ccccc2n1)C(=O)O. The topological polar surface area (TPSA) is 101 Å². The van der Waals surface area contributed by atoms with Crippen LogP contribution in [-0.4, -0.2) is 38.8 Å². The van der Waals surface area contributed by atoms with Crippen molar-refractivity contribution in [1.29, 1.82) is 0 Å². The summed E-state index contributed by atoms with van der Waals surface area (Å²) >= 11 is 0. The van der Waals surface area contributed by atoms with Gasteiger partial charge in [0.05, 0.1) is 16.7 Å². The minimum Gasteiger partial charge on any atom is -0.480 e. The predicted molar refractivity (Wildman–Crippen MR) is 84.0 cm³/mol. The van der Waals surface area contributed by atoms with Crippen LogP contribution in [-0.2, 0) is 16.0 Å². The average molecular weight is 317 g/mol. The zero-order valence-electron chi connectivity index (χ0n) is 13.2. The molecule has 0 saturated carbocycles. The highest BCUT2D eigenvalue weighted by atomic mass is 16.6. The summed E-state index contributed by atoms with van der Waals surface area (Å²) in [5, 5.41) is 11.6. The fourth-order valence-corrected chi connectivity index (χ4v) is 1.95. The number of benzene rings is 1. The Morgan fingerprint density at radius 1 is 1.26 bits per heavy atom. The smallest absolute Gasteiger partial charge is 0.408 e. The number of aliphatic carboxylic acids is 1. The zero-order valence-corrected chi connectivity index (χ0v) is 13.2. The van der Waals surface area contributed by atoms with Crippen LogP contribution in [0.15, 0.2) is 30.5 Å². The van der Waals surface area contributed by atoms with E-state index in [9.17, 15) is 14.7 Å². The Labute approximate surface area is 133 Å². The number of fused-ring (bicyclic) bond motifs is 1. The van der Waals surface area contributed by atoms with Crippen molar-refractivity contribution in [3.63, 3.8) is 0 Å². The monoisotopic (exact) mass is 317 g/mol. The summed E-state index contributed by atoms with van der Waals surface area (Å²) in [6.07, 6.45) is 0.750. The van der Waals surface area contributed by atoms with Crippen LogP contribution in [0.25, 0.3) is 11.0 Å². The van der Waals surface area contributed by atoms with E-state index in [1.54, 1.807) is 26.8 Å². The van der Waals surface area contributed by atoms with Crippen LogP contribution >= 0.6 is 0 Å². The van der Waals surface area contributed by atoms with Gasteiger partial charge in [-0.2, -0.15) is 0 Å². The van der Waals surface area contributed by atoms with Crippen LogP contribution in [0.1, 0.15) is 26.5 Å². The second kappa shape index (κ2) is 6.60. The number of aromatic nitrogens is 2. The minimum atomic E-state index is -1.16. The Morgan fingerprint density at radius 2 is 1.91 bits per heavy atom. The molecule has 2 N–H and O–H groups in total. The number of para-hydroxylation sites is 2. The molecule has 2 rings (SSSR count). The fourth-order valence-electron chi connectivity index (χ4n) is 1.95. The molecule has 2 aromatic rings. The maximum absolute atomic E-state index is 11.7. The van der Waals surface area contributed by atoms with Gasteiger partial charge in [0.1, 0.15) is 11.6 Å². The molecule has 23 heavy (non-hydrogen) atoms. The standard InChI is InChI=1S/C16H19N3O4/c1-16(2,3)23-15(22)19-13(14(20)21)8-10-9-17-11-6-4-5-7-12(11)18-10/h4-7,9,13H,8H2,1-3H3,(H,19,22)(H,20,21). The largest absolute Gasteiger partial charge is 0.480 e. The Morgan fingerprint density at radius 3 is 2.52 bits per heavy atom. The lowest BCUT2D eigenvalue weighted by Crippen LogP contribution is -2.44. The first kappa shape index (κ1) is 16.7. The second-order valence-electron chi connectivity index (χ2n) is 6.09. The molecule has 0 spiro atoms. The third kappa shape index (κ3) is 4.91. The van der Waals surface area contributed by atoms with Gasteiger partial charge in [-0.25, -0.2) is 14.6 Å². The molecule has 122 valence electrons. The molecule has 7 nitrogen and oxygen atoms in total. The molecule has 1 heterocycles. The molecular formula is C16H19N3O4. The van der Waals surface area contributed by atoms with Gasteiger partial charge in [0.15, 0.2) is 0 Å². The molecule has 0 fully saturated rings. The molecule has 0 aliphatic rings. The molecule has 1 aromatic heterocycles. The first-order chi connectivity index (χ1) is 10.7. The number of hydrogen-bond donors (Lipinski definition) is 2. The third-order valence-electron chi connectivity index (χ3n) is 2.90. The normalized spacial score (nSPS) is 12.7. The van der Waals surface area contributed by atoms with Crippen LogP contribution in [0.2, 0.25) is 0 Å². The number of carboxylic acids is 1. The van der Waals surface area contributed by atoms with Gasteiger partial charge in [0.2, 0.25) is 0 Å². The maximum Gasteiger partial charge on any atom is 0.408 e. The Hall–Kier alpha value is -2.70. The molecule has 0 radical (unpaired) electrons. The fraction of sp³-hybridized carbons (Fsp3) is 0.375. The van der Waals surface area contributed by atoms with Crippen molar-refractivity contribution in [2.75, 3.05) is 0 Å². The molecule has 1 unspecified atom stereocenters. The van der Waals surface area contributed by atoms with E-state index in [1.807, 2.05) is 18.2 Å². The van der Waals surface area contributed by atoms with Gasteiger partial charge < -0.3 is 15.2 Å². The van der Waals surface area contributed by atoms with Crippen molar-refractivity contribution in [2.24, 2.45) is 0 Å². The molecule has 0 aliphatic carbocycles. The summed E-state index contributed by atoms with van der Waals surface area (Å²) in [5.74, 6) is -1.16. The molecule has 1 atom stereocenters. The van der Waals surface area contributed by atoms with E-state index in [1.165, 1.54) is 6.20 Å². The van der Waals surface area contributed by atoms with Gasteiger partial charge in [-0.1, -0.05) is 12.1 Å². The third-order valence-corrected chi connectivity index (χ3v) is 2.90. The highest BCUT2D eigenvalue weighted by molar-refractivity contribution is 5.80. The summed E-state index contributed by atoms with van der Waals surface area (Å²) in [6.45, 7) is 5.12. The first-order valence-corrected chi connectivity index (χ1v) is 7.17. The van der Waals surface area contributed by atoms with Gasteiger partial charge in [0, 0.05) is 12.6 Å². The summed E-state index contributed by atoms with van der Waals surface area (Å²) < 4.78 is 5.08. The van der Waals surface area contributed by atoms with Crippen molar-refractivity contribution >= 4 is 23.1 Å². The van der Waals surface area contributed by atoms with Crippen LogP contribution in [0.4, 0.5) is 4.79 Å². The zero-order chi connectivity index (χ0) is 17.0. The van der Waals surface area contributed by atoms with E-state index in [2.05, 4.69) is 15.3 Å². The summed E-state index contributed by atoms with van der Waals surface area (Å²) in [7, 11) is 0. The van der Waals surface area contributed by atoms with Crippen molar-refractivity contribution < 1.29 is 19.4 Å². The lowest BCUT2D eigenvalue weighted by atomic mass is 10.1. The Balaban J connectivity index is 2.11. The second-order valence-corrected chi connectivity index (χ2v) is 6.09. The molecular weight excluding hydrogens is 298 g/mol. The predicted octanol–water partition coefficient (Wildman–Crippen LogP) is 2.15. The van der Waals surface area contributed by atoms with E-state index in [0.29, 0.717) is 11.2 Å². The van der Waals surface area contributed by atoms with Crippen LogP contribution in [0.5, 0.6) is 0 Å². The number of alkyl carbamates (subject to hydrolysis) is 1. The summed E-state index contributed by atoms with van der Waals surface area (Å²) in [6, 6.07) is 6.15. The van der Waals surface area contributed by atoms with Crippen molar-refractivity contribution in [3.05, 3.63) is 36.2 Å². The van der Waals surface area contributed by atoms with Crippen molar-refractivity contribution in [3.8, 4) is 0 Å². The number of amides is 1. The summed E-state index contributed by atoms with van der Waals surface area (Å²) in [5.41, 5.74) is 1.18. The van der Waals surface area contributed by atoms with Gasteiger partial charge in [-0.3, -0.25) is 4.98 Å². The van der Waals surface area contributed by atoms with E-state index in [0.717, 1.165) is 5.52 Å². The molecule has 1 amide bonds. The minimum absolute atomic E-state index is 0.0202. The number of carboxylic acid groups (broad SMARTS) is 1. The van der Waals surface area contributed by atoms with Crippen LogP contribution < -0.4 is 5.32 Å². The Bertz CT molecular complexity index is 725. The average Bonchev–Trinajstić information content (AvgIpc) is 2.44. The van der Waals surface area contributed by atoms with Gasteiger partial charge in [-0.05, 0) is 32.9 Å². The highest BCUT2D eigenvalue weighted by Gasteiger charge is 2.24. The van der Waals surface area contributed by atoms with Gasteiger partial charge in [0.25, 0.3) is 0 Å². The van der Waals surface area contributed by atoms with E-state index in [-0.39, 0.29) is 6.42 Å². The number of carbonyl (C=O) groups is 2. The Kier molecular flexibility index (Phi) is 4.78. The number of ether oxygens (including phenoxy) is 1. The van der Waals surface area contributed by atoms with Gasteiger partial charge >= 0.3 is 12.1 Å². The number of nitrogens with zero attached hydrogens (tertiary/aromatic N) is 2. The highest BCUT2D eigenvalue weighted by Crippen LogP contribution is 2.11. The lowest BCUT2D eigenvalue weighted by molar-refractivity contribution is -0.139. The van der Waals surface area contributed by atoms with E-state index in [4.69, 9.17) is 4.74 Å². The van der Waals surface area contributed by atoms with Crippen molar-refractivity contribution in [1.82, 2.24) is 15.3 Å². The molecule has 0 bridgehead atoms. The number of carbonyl (C=O) groups excluding carboxylic acids is 1.